The smallest absolute Gasteiger partial charge is 0.269 e. The molecular formula is C21H24N4O2. The standard InChI is InChI=1S/C21H24N4O2/c22-20(26)18-5-6-25(24-18)17-3-1-16(2-4-17)23-21(27)19-14-8-12-7-13(10-14)11-15(19)9-12/h1-6,12-15,19H,7-11H2,(H2,22,26)(H,23,27). The van der Waals surface area contributed by atoms with Crippen molar-refractivity contribution in [2.45, 2.75) is 32.1 Å². The number of primary amides is 1. The summed E-state index contributed by atoms with van der Waals surface area (Å²) in [6, 6.07) is 9.11. The monoisotopic (exact) mass is 364 g/mol. The third kappa shape index (κ3) is 2.93. The van der Waals surface area contributed by atoms with Gasteiger partial charge >= 0.3 is 0 Å². The second-order valence-corrected chi connectivity index (χ2v) is 8.50. The number of hydrogen-bond donors (Lipinski definition) is 2. The Balaban J connectivity index is 1.28. The van der Waals surface area contributed by atoms with E-state index in [0.29, 0.717) is 11.8 Å². The molecule has 1 aromatic carbocycles. The van der Waals surface area contributed by atoms with Crippen molar-refractivity contribution in [1.29, 1.82) is 0 Å². The summed E-state index contributed by atoms with van der Waals surface area (Å²) in [7, 11) is 0. The van der Waals surface area contributed by atoms with Crippen LogP contribution in [-0.4, -0.2) is 21.6 Å². The van der Waals surface area contributed by atoms with E-state index in [4.69, 9.17) is 5.73 Å². The van der Waals surface area contributed by atoms with Gasteiger partial charge < -0.3 is 11.1 Å². The number of rotatable bonds is 4. The first-order valence-corrected chi connectivity index (χ1v) is 9.83. The maximum atomic E-state index is 13.0. The number of nitrogens with one attached hydrogen (secondary N) is 1. The lowest BCUT2D eigenvalue weighted by Crippen LogP contribution is -2.49. The van der Waals surface area contributed by atoms with Crippen LogP contribution in [0.5, 0.6) is 0 Å². The Morgan fingerprint density at radius 2 is 1.59 bits per heavy atom. The molecule has 0 unspecified atom stereocenters. The van der Waals surface area contributed by atoms with Crippen LogP contribution in [0.25, 0.3) is 5.69 Å². The first-order valence-electron chi connectivity index (χ1n) is 9.83. The molecule has 6 heteroatoms. The molecule has 4 aliphatic rings. The van der Waals surface area contributed by atoms with Gasteiger partial charge in [0.15, 0.2) is 0 Å². The largest absolute Gasteiger partial charge is 0.364 e. The number of hydrogen-bond acceptors (Lipinski definition) is 3. The minimum Gasteiger partial charge on any atom is -0.364 e. The summed E-state index contributed by atoms with van der Waals surface area (Å²) >= 11 is 0. The first-order chi connectivity index (χ1) is 13.1. The topological polar surface area (TPSA) is 90.0 Å². The van der Waals surface area contributed by atoms with E-state index in [1.165, 1.54) is 32.1 Å². The number of carbonyl (C=O) groups is 2. The van der Waals surface area contributed by atoms with Gasteiger partial charge in [0.05, 0.1) is 5.69 Å². The summed E-state index contributed by atoms with van der Waals surface area (Å²) in [5.41, 5.74) is 7.09. The number of amides is 2. The predicted octanol–water partition coefficient (Wildman–Crippen LogP) is 2.98. The zero-order valence-corrected chi connectivity index (χ0v) is 15.2. The molecule has 1 aromatic heterocycles. The fourth-order valence-electron chi connectivity index (χ4n) is 5.88. The average molecular weight is 364 g/mol. The minimum atomic E-state index is -0.548. The zero-order valence-electron chi connectivity index (χ0n) is 15.2. The Morgan fingerprint density at radius 3 is 2.15 bits per heavy atom. The Labute approximate surface area is 158 Å². The molecule has 2 amide bonds. The second-order valence-electron chi connectivity index (χ2n) is 8.50. The van der Waals surface area contributed by atoms with E-state index in [1.54, 1.807) is 16.9 Å². The molecule has 6 nitrogen and oxygen atoms in total. The molecule has 2 aromatic rings. The summed E-state index contributed by atoms with van der Waals surface area (Å²) in [4.78, 5) is 24.1. The van der Waals surface area contributed by atoms with Crippen LogP contribution in [0.4, 0.5) is 5.69 Å². The van der Waals surface area contributed by atoms with Crippen molar-refractivity contribution in [3.05, 3.63) is 42.2 Å². The van der Waals surface area contributed by atoms with E-state index in [9.17, 15) is 9.59 Å². The summed E-state index contributed by atoms with van der Waals surface area (Å²) < 4.78 is 1.60. The van der Waals surface area contributed by atoms with Gasteiger partial charge in [-0.2, -0.15) is 5.10 Å². The third-order valence-corrected chi connectivity index (χ3v) is 6.77. The number of benzene rings is 1. The van der Waals surface area contributed by atoms with Crippen molar-refractivity contribution in [3.63, 3.8) is 0 Å². The molecule has 0 saturated heterocycles. The number of nitrogens with two attached hydrogens (primary N) is 1. The van der Waals surface area contributed by atoms with Gasteiger partial charge in [0.1, 0.15) is 5.69 Å². The van der Waals surface area contributed by atoms with Crippen LogP contribution in [0.3, 0.4) is 0 Å². The Morgan fingerprint density at radius 1 is 0.963 bits per heavy atom. The highest BCUT2D eigenvalue weighted by Gasteiger charge is 2.50. The Hall–Kier alpha value is -2.63. The molecule has 4 saturated carbocycles. The molecule has 1 heterocycles. The Kier molecular flexibility index (Phi) is 3.81. The van der Waals surface area contributed by atoms with Gasteiger partial charge in [-0.1, -0.05) is 0 Å². The van der Waals surface area contributed by atoms with E-state index in [0.717, 1.165) is 23.2 Å². The highest BCUT2D eigenvalue weighted by molar-refractivity contribution is 5.93. The summed E-state index contributed by atoms with van der Waals surface area (Å²) in [5.74, 6) is 2.72. The minimum absolute atomic E-state index is 0.182. The first kappa shape index (κ1) is 16.5. The van der Waals surface area contributed by atoms with Crippen molar-refractivity contribution in [2.75, 3.05) is 5.32 Å². The molecule has 4 bridgehead atoms. The van der Waals surface area contributed by atoms with Gasteiger partial charge in [-0.15, -0.1) is 0 Å². The number of nitrogens with zero attached hydrogens (tertiary/aromatic N) is 2. The van der Waals surface area contributed by atoms with Crippen LogP contribution < -0.4 is 11.1 Å². The summed E-state index contributed by atoms with van der Waals surface area (Å²) in [5, 5.41) is 7.28. The molecule has 0 radical (unpaired) electrons. The van der Waals surface area contributed by atoms with Gasteiger partial charge in [-0.25, -0.2) is 4.68 Å². The molecule has 4 aliphatic carbocycles. The van der Waals surface area contributed by atoms with Gasteiger partial charge in [0.2, 0.25) is 5.91 Å². The molecular weight excluding hydrogens is 340 g/mol. The number of anilines is 1. The average Bonchev–Trinajstić information content (AvgIpc) is 3.12. The molecule has 0 aliphatic heterocycles. The molecule has 0 spiro atoms. The van der Waals surface area contributed by atoms with Crippen LogP contribution in [-0.2, 0) is 4.79 Å². The highest BCUT2D eigenvalue weighted by Crippen LogP contribution is 2.56. The fourth-order valence-corrected chi connectivity index (χ4v) is 5.88. The molecule has 0 atom stereocenters. The normalized spacial score (nSPS) is 31.0. The fraction of sp³-hybridized carbons (Fsp3) is 0.476. The third-order valence-electron chi connectivity index (χ3n) is 6.77. The van der Waals surface area contributed by atoms with Crippen molar-refractivity contribution in [2.24, 2.45) is 35.3 Å². The van der Waals surface area contributed by atoms with E-state index in [-0.39, 0.29) is 17.5 Å². The zero-order chi connectivity index (χ0) is 18.5. The quantitative estimate of drug-likeness (QED) is 0.874. The lowest BCUT2D eigenvalue weighted by Gasteiger charge is -2.53. The van der Waals surface area contributed by atoms with Crippen molar-refractivity contribution in [3.8, 4) is 5.69 Å². The van der Waals surface area contributed by atoms with Crippen LogP contribution in [0.2, 0.25) is 0 Å². The van der Waals surface area contributed by atoms with E-state index < -0.39 is 5.91 Å². The maximum Gasteiger partial charge on any atom is 0.269 e. The van der Waals surface area contributed by atoms with Crippen LogP contribution in [0.1, 0.15) is 42.6 Å². The predicted molar refractivity (Wildman–Crippen MR) is 101 cm³/mol. The number of aromatic nitrogens is 2. The van der Waals surface area contributed by atoms with Crippen LogP contribution >= 0.6 is 0 Å². The molecule has 27 heavy (non-hydrogen) atoms. The summed E-state index contributed by atoms with van der Waals surface area (Å²) in [6.45, 7) is 0. The lowest BCUT2D eigenvalue weighted by atomic mass is 9.51. The van der Waals surface area contributed by atoms with Crippen LogP contribution in [0, 0.1) is 29.6 Å². The van der Waals surface area contributed by atoms with Crippen molar-refractivity contribution >= 4 is 17.5 Å². The molecule has 3 N–H and O–H groups in total. The summed E-state index contributed by atoms with van der Waals surface area (Å²) in [6.07, 6.45) is 8.06. The van der Waals surface area contributed by atoms with Gasteiger partial charge in [0, 0.05) is 17.8 Å². The Bertz CT molecular complexity index is 858. The van der Waals surface area contributed by atoms with E-state index in [1.807, 2.05) is 24.3 Å². The van der Waals surface area contributed by atoms with Gasteiger partial charge in [-0.3, -0.25) is 9.59 Å². The molecule has 140 valence electrons. The highest BCUT2D eigenvalue weighted by atomic mass is 16.2. The molecule has 6 rings (SSSR count). The van der Waals surface area contributed by atoms with E-state index >= 15 is 0 Å². The maximum absolute atomic E-state index is 13.0. The lowest BCUT2D eigenvalue weighted by molar-refractivity contribution is -0.132. The van der Waals surface area contributed by atoms with Crippen molar-refractivity contribution in [1.82, 2.24) is 9.78 Å². The van der Waals surface area contributed by atoms with Gasteiger partial charge in [-0.05, 0) is 86.1 Å². The SMILES string of the molecule is NC(=O)c1ccn(-c2ccc(NC(=O)C3C4CC5CC(C4)CC3C5)cc2)n1. The van der Waals surface area contributed by atoms with E-state index in [2.05, 4.69) is 10.4 Å². The second kappa shape index (κ2) is 6.22. The van der Waals surface area contributed by atoms with Crippen LogP contribution in [0.15, 0.2) is 36.5 Å². The molecule has 4 fully saturated rings. The van der Waals surface area contributed by atoms with Crippen molar-refractivity contribution < 1.29 is 9.59 Å². The number of carbonyl (C=O) groups excluding carboxylic acids is 2. The van der Waals surface area contributed by atoms with Gasteiger partial charge in [0.25, 0.3) is 5.91 Å².